The lowest BCUT2D eigenvalue weighted by Crippen LogP contribution is -2.53. The molecule has 0 bridgehead atoms. The van der Waals surface area contributed by atoms with Crippen molar-refractivity contribution in [3.63, 3.8) is 0 Å². The van der Waals surface area contributed by atoms with Crippen molar-refractivity contribution in [1.29, 1.82) is 0 Å². The summed E-state index contributed by atoms with van der Waals surface area (Å²) in [6, 6.07) is 11.7. The molecule has 1 saturated carbocycles. The maximum absolute atomic E-state index is 13.2. The molecule has 5 rings (SSSR count). The van der Waals surface area contributed by atoms with E-state index >= 15 is 0 Å². The summed E-state index contributed by atoms with van der Waals surface area (Å²) in [7, 11) is 0.360. The number of rotatable bonds is 10. The molecule has 1 spiro atoms. The van der Waals surface area contributed by atoms with E-state index in [0.29, 0.717) is 37.9 Å². The number of sulfonamides is 1. The fourth-order valence-corrected chi connectivity index (χ4v) is 8.58. The Morgan fingerprint density at radius 3 is 2.62 bits per heavy atom. The monoisotopic (exact) mass is 659 g/mol. The predicted molar refractivity (Wildman–Crippen MR) is 181 cm³/mol. The minimum absolute atomic E-state index is 0.148. The Morgan fingerprint density at radius 2 is 1.98 bits per heavy atom. The molecule has 2 aromatic carbocycles. The standard InChI is InChI=1S/C35H50ClN3O5S/c1-7-28(38(5)6)19-34(4,41)29-13-10-26(29)20-39-21-35(16-8-9-24-17-27(36)12-14-30(24)35)22-44-32-15-11-25(18-31(32)39)33(40)37-45(42,43)23(2)3/h11-12,14-15,17-18,23,26,28-29,41H,7-10,13,16,19-22H2,1-6H3,(H,37,40)/t26-,28+,29+,34+,35-/m0/s1. The van der Waals surface area contributed by atoms with E-state index in [1.54, 1.807) is 32.0 Å². The van der Waals surface area contributed by atoms with Gasteiger partial charge in [0.25, 0.3) is 5.91 Å². The van der Waals surface area contributed by atoms with Gasteiger partial charge in [0.2, 0.25) is 10.0 Å². The van der Waals surface area contributed by atoms with Gasteiger partial charge < -0.3 is 19.6 Å². The van der Waals surface area contributed by atoms with Crippen LogP contribution in [0.2, 0.25) is 5.02 Å². The van der Waals surface area contributed by atoms with Gasteiger partial charge in [-0.25, -0.2) is 13.1 Å². The molecule has 1 fully saturated rings. The van der Waals surface area contributed by atoms with Crippen LogP contribution in [0.4, 0.5) is 5.69 Å². The summed E-state index contributed by atoms with van der Waals surface area (Å²) in [5.41, 5.74) is 2.48. The van der Waals surface area contributed by atoms with Gasteiger partial charge in [-0.1, -0.05) is 24.6 Å². The number of aryl methyl sites for hydroxylation is 1. The predicted octanol–water partition coefficient (Wildman–Crippen LogP) is 5.79. The Balaban J connectivity index is 1.50. The first-order valence-electron chi connectivity index (χ1n) is 16.4. The first-order valence-corrected chi connectivity index (χ1v) is 18.3. The molecule has 10 heteroatoms. The Labute approximate surface area is 274 Å². The third-order valence-corrected chi connectivity index (χ3v) is 12.6. The molecule has 2 aromatic rings. The van der Waals surface area contributed by atoms with Gasteiger partial charge in [-0.15, -0.1) is 0 Å². The molecule has 2 aliphatic carbocycles. The van der Waals surface area contributed by atoms with Gasteiger partial charge in [-0.05, 0) is 133 Å². The molecule has 45 heavy (non-hydrogen) atoms. The van der Waals surface area contributed by atoms with Crippen molar-refractivity contribution in [3.8, 4) is 5.75 Å². The number of carbonyl (C=O) groups is 1. The van der Waals surface area contributed by atoms with Gasteiger partial charge in [-0.2, -0.15) is 0 Å². The summed E-state index contributed by atoms with van der Waals surface area (Å²) in [6.07, 6.45) is 6.62. The summed E-state index contributed by atoms with van der Waals surface area (Å²) < 4.78 is 33.9. The van der Waals surface area contributed by atoms with Gasteiger partial charge in [0.05, 0.1) is 23.1 Å². The molecule has 0 radical (unpaired) electrons. The normalized spacial score (nSPS) is 25.1. The van der Waals surface area contributed by atoms with Crippen LogP contribution in [-0.4, -0.2) is 75.0 Å². The maximum atomic E-state index is 13.2. The van der Waals surface area contributed by atoms with E-state index in [9.17, 15) is 18.3 Å². The molecule has 5 atom stereocenters. The number of halogens is 1. The average Bonchev–Trinajstić information content (AvgIpc) is 3.10. The number of amides is 1. The number of ether oxygens (including phenoxy) is 1. The number of fused-ring (bicyclic) bond motifs is 3. The van der Waals surface area contributed by atoms with Crippen LogP contribution in [-0.2, 0) is 21.9 Å². The molecule has 3 aliphatic rings. The van der Waals surface area contributed by atoms with Crippen molar-refractivity contribution in [3.05, 3.63) is 58.1 Å². The van der Waals surface area contributed by atoms with E-state index in [1.807, 2.05) is 13.0 Å². The highest BCUT2D eigenvalue weighted by Crippen LogP contribution is 2.48. The number of benzene rings is 2. The molecule has 1 heterocycles. The van der Waals surface area contributed by atoms with Gasteiger partial charge in [0.15, 0.2) is 0 Å². The third kappa shape index (κ3) is 7.02. The zero-order valence-electron chi connectivity index (χ0n) is 27.6. The van der Waals surface area contributed by atoms with Crippen molar-refractivity contribution in [2.24, 2.45) is 11.8 Å². The molecule has 0 unspecified atom stereocenters. The van der Waals surface area contributed by atoms with Gasteiger partial charge in [0, 0.05) is 35.1 Å². The number of hydrogen-bond donors (Lipinski definition) is 2. The summed E-state index contributed by atoms with van der Waals surface area (Å²) in [4.78, 5) is 17.7. The number of anilines is 1. The molecule has 1 aliphatic heterocycles. The number of aliphatic hydroxyl groups is 1. The van der Waals surface area contributed by atoms with Crippen LogP contribution < -0.4 is 14.4 Å². The maximum Gasteiger partial charge on any atom is 0.264 e. The molecule has 0 saturated heterocycles. The van der Waals surface area contributed by atoms with Crippen LogP contribution in [0, 0.1) is 11.8 Å². The molecule has 2 N–H and O–H groups in total. The van der Waals surface area contributed by atoms with E-state index in [4.69, 9.17) is 16.3 Å². The largest absolute Gasteiger partial charge is 0.490 e. The molecular weight excluding hydrogens is 610 g/mol. The number of nitrogens with one attached hydrogen (secondary N) is 1. The number of nitrogens with zero attached hydrogens (tertiary/aromatic N) is 2. The highest BCUT2D eigenvalue weighted by Gasteiger charge is 2.47. The quantitative estimate of drug-likeness (QED) is 0.333. The van der Waals surface area contributed by atoms with Crippen LogP contribution in [0.25, 0.3) is 0 Å². The topological polar surface area (TPSA) is 99.2 Å². The van der Waals surface area contributed by atoms with Crippen molar-refractivity contribution in [2.75, 3.05) is 38.7 Å². The molecule has 8 nitrogen and oxygen atoms in total. The summed E-state index contributed by atoms with van der Waals surface area (Å²) >= 11 is 6.42. The Morgan fingerprint density at radius 1 is 1.22 bits per heavy atom. The van der Waals surface area contributed by atoms with Crippen LogP contribution in [0.1, 0.15) is 87.7 Å². The lowest BCUT2D eigenvalue weighted by molar-refractivity contribution is -0.0845. The third-order valence-electron chi connectivity index (χ3n) is 10.7. The van der Waals surface area contributed by atoms with Crippen molar-refractivity contribution in [1.82, 2.24) is 9.62 Å². The van der Waals surface area contributed by atoms with E-state index in [2.05, 4.69) is 47.7 Å². The summed E-state index contributed by atoms with van der Waals surface area (Å²) in [6.45, 7) is 9.13. The highest BCUT2D eigenvalue weighted by molar-refractivity contribution is 7.90. The van der Waals surface area contributed by atoms with Gasteiger partial charge >= 0.3 is 0 Å². The first-order chi connectivity index (χ1) is 21.2. The van der Waals surface area contributed by atoms with E-state index in [0.717, 1.165) is 49.2 Å². The fourth-order valence-electron chi connectivity index (χ4n) is 7.77. The Hall–Kier alpha value is -2.33. The van der Waals surface area contributed by atoms with Crippen LogP contribution >= 0.6 is 11.6 Å². The number of carbonyl (C=O) groups excluding carboxylic acids is 1. The minimum Gasteiger partial charge on any atom is -0.490 e. The van der Waals surface area contributed by atoms with E-state index in [-0.39, 0.29) is 22.8 Å². The molecule has 248 valence electrons. The second kappa shape index (κ2) is 13.1. The first kappa shape index (κ1) is 34.0. The van der Waals surface area contributed by atoms with E-state index < -0.39 is 26.8 Å². The SMILES string of the molecule is CC[C@H](C[C@@](C)(O)[C@@H]1CC[C@H]1CN1C[C@@]2(CCCc3cc(Cl)ccc32)COc2ccc(C(=O)NS(=O)(=O)C(C)C)cc21)N(C)C. The second-order valence-corrected chi connectivity index (χ2v) is 17.0. The fraction of sp³-hybridized carbons (Fsp3) is 0.629. The van der Waals surface area contributed by atoms with E-state index in [1.165, 1.54) is 11.1 Å². The average molecular weight is 660 g/mol. The minimum atomic E-state index is -3.79. The van der Waals surface area contributed by atoms with Crippen molar-refractivity contribution in [2.45, 2.75) is 94.9 Å². The Kier molecular flexibility index (Phi) is 9.87. The lowest BCUT2D eigenvalue weighted by atomic mass is 9.63. The van der Waals surface area contributed by atoms with Gasteiger partial charge in [-0.3, -0.25) is 4.79 Å². The van der Waals surface area contributed by atoms with Crippen LogP contribution in [0.5, 0.6) is 5.75 Å². The second-order valence-electron chi connectivity index (χ2n) is 14.3. The van der Waals surface area contributed by atoms with Gasteiger partial charge in [0.1, 0.15) is 5.75 Å². The highest BCUT2D eigenvalue weighted by atomic mass is 35.5. The Bertz CT molecular complexity index is 1510. The molecular formula is C35H50ClN3O5S. The zero-order chi connectivity index (χ0) is 32.7. The molecule has 1 amide bonds. The molecule has 0 aromatic heterocycles. The van der Waals surface area contributed by atoms with Crippen molar-refractivity contribution >= 4 is 33.2 Å². The summed E-state index contributed by atoms with van der Waals surface area (Å²) in [5, 5.41) is 11.8. The summed E-state index contributed by atoms with van der Waals surface area (Å²) in [5.74, 6) is 0.435. The van der Waals surface area contributed by atoms with Crippen LogP contribution in [0.15, 0.2) is 36.4 Å². The lowest BCUT2D eigenvalue weighted by Gasteiger charge is -2.50. The number of hydrogen-bond acceptors (Lipinski definition) is 7. The van der Waals surface area contributed by atoms with Crippen molar-refractivity contribution < 1.29 is 23.1 Å². The van der Waals surface area contributed by atoms with Crippen LogP contribution in [0.3, 0.4) is 0 Å². The smallest absolute Gasteiger partial charge is 0.264 e. The zero-order valence-corrected chi connectivity index (χ0v) is 29.2.